The lowest BCUT2D eigenvalue weighted by Crippen LogP contribution is -2.43. The van der Waals surface area contributed by atoms with Gasteiger partial charge in [0.25, 0.3) is 0 Å². The van der Waals surface area contributed by atoms with E-state index in [2.05, 4.69) is 10.2 Å². The van der Waals surface area contributed by atoms with Crippen molar-refractivity contribution in [3.63, 3.8) is 0 Å². The molecule has 2 N–H and O–H groups in total. The molecule has 2 atom stereocenters. The molecule has 144 valence electrons. The van der Waals surface area contributed by atoms with Crippen LogP contribution in [-0.4, -0.2) is 43.5 Å². The highest BCUT2D eigenvalue weighted by atomic mass is 31.2. The Morgan fingerprint density at radius 2 is 2.04 bits per heavy atom. The van der Waals surface area contributed by atoms with E-state index in [-0.39, 0.29) is 18.5 Å². The molecule has 0 fully saturated rings. The van der Waals surface area contributed by atoms with E-state index in [0.29, 0.717) is 12.1 Å². The first kappa shape index (κ1) is 20.6. The molecule has 0 radical (unpaired) electrons. The molecule has 0 aromatic carbocycles. The van der Waals surface area contributed by atoms with Crippen LogP contribution in [0.15, 0.2) is 23.8 Å². The summed E-state index contributed by atoms with van der Waals surface area (Å²) in [5.74, 6) is -1.05. The summed E-state index contributed by atoms with van der Waals surface area (Å²) in [4.78, 5) is 32.6. The van der Waals surface area contributed by atoms with Crippen LogP contribution in [0.3, 0.4) is 0 Å². The molecule has 2 unspecified atom stereocenters. The van der Waals surface area contributed by atoms with Gasteiger partial charge in [-0.15, -0.1) is 5.10 Å². The first-order valence-electron chi connectivity index (χ1n) is 8.72. The van der Waals surface area contributed by atoms with Crippen LogP contribution >= 0.6 is 7.60 Å². The number of hydrogen-bond acceptors (Lipinski definition) is 5. The minimum absolute atomic E-state index is 0.119. The van der Waals surface area contributed by atoms with Crippen LogP contribution in [0.2, 0.25) is 0 Å². The van der Waals surface area contributed by atoms with Gasteiger partial charge in [0.05, 0.1) is 18.5 Å². The predicted molar refractivity (Wildman–Crippen MR) is 96.9 cm³/mol. The zero-order valence-electron chi connectivity index (χ0n) is 15.5. The van der Waals surface area contributed by atoms with E-state index >= 15 is 0 Å². The SMILES string of the molecule is CCOC(=O)c1nn(C2(CC)C=CC(CC)=CC2CP(=O)(O)O)nc1C. The van der Waals surface area contributed by atoms with Crippen LogP contribution in [0.4, 0.5) is 0 Å². The summed E-state index contributed by atoms with van der Waals surface area (Å²) in [5, 5.41) is 8.71. The van der Waals surface area contributed by atoms with Crippen molar-refractivity contribution >= 4 is 13.6 Å². The van der Waals surface area contributed by atoms with Crippen molar-refractivity contribution < 1.29 is 23.9 Å². The van der Waals surface area contributed by atoms with Crippen molar-refractivity contribution in [2.24, 2.45) is 5.92 Å². The molecule has 1 heterocycles. The van der Waals surface area contributed by atoms with Crippen molar-refractivity contribution in [1.82, 2.24) is 15.0 Å². The van der Waals surface area contributed by atoms with Gasteiger partial charge in [-0.3, -0.25) is 4.57 Å². The second-order valence-electron chi connectivity index (χ2n) is 6.37. The highest BCUT2D eigenvalue weighted by molar-refractivity contribution is 7.51. The van der Waals surface area contributed by atoms with E-state index < -0.39 is 25.0 Å². The number of carbonyl (C=O) groups is 1. The zero-order chi connectivity index (χ0) is 19.5. The fourth-order valence-electron chi connectivity index (χ4n) is 3.23. The van der Waals surface area contributed by atoms with E-state index in [1.807, 2.05) is 32.1 Å². The zero-order valence-corrected chi connectivity index (χ0v) is 16.4. The number of hydrogen-bond donors (Lipinski definition) is 2. The van der Waals surface area contributed by atoms with Crippen molar-refractivity contribution in [2.45, 2.75) is 46.1 Å². The van der Waals surface area contributed by atoms with Gasteiger partial charge < -0.3 is 14.5 Å². The highest BCUT2D eigenvalue weighted by Gasteiger charge is 2.43. The minimum Gasteiger partial charge on any atom is -0.461 e. The van der Waals surface area contributed by atoms with E-state index in [1.54, 1.807) is 13.8 Å². The summed E-state index contributed by atoms with van der Waals surface area (Å²) in [7, 11) is -4.26. The Bertz CT molecular complexity index is 779. The molecule has 1 aromatic rings. The molecule has 1 aromatic heterocycles. The number of carbonyl (C=O) groups excluding carboxylic acids is 1. The topological polar surface area (TPSA) is 115 Å². The monoisotopic (exact) mass is 383 g/mol. The largest absolute Gasteiger partial charge is 0.461 e. The molecule has 0 spiro atoms. The normalized spacial score (nSPS) is 23.0. The number of ether oxygens (including phenoxy) is 1. The van der Waals surface area contributed by atoms with Crippen LogP contribution in [0.1, 0.15) is 49.8 Å². The molecular formula is C17H26N3O5P. The van der Waals surface area contributed by atoms with Gasteiger partial charge in [-0.2, -0.15) is 9.90 Å². The maximum atomic E-state index is 12.1. The molecule has 0 amide bonds. The lowest BCUT2D eigenvalue weighted by Gasteiger charge is -2.38. The van der Waals surface area contributed by atoms with Crippen molar-refractivity contribution in [3.8, 4) is 0 Å². The third-order valence-electron chi connectivity index (χ3n) is 4.68. The summed E-state index contributed by atoms with van der Waals surface area (Å²) in [6.45, 7) is 7.50. The van der Waals surface area contributed by atoms with Gasteiger partial charge in [-0.1, -0.05) is 37.6 Å². The van der Waals surface area contributed by atoms with Crippen molar-refractivity contribution in [3.05, 3.63) is 35.2 Å². The number of esters is 1. The first-order chi connectivity index (χ1) is 12.2. The molecule has 0 saturated carbocycles. The van der Waals surface area contributed by atoms with Gasteiger partial charge in [0.15, 0.2) is 5.69 Å². The molecule has 2 rings (SSSR count). The fraction of sp³-hybridized carbons (Fsp3) is 0.588. The lowest BCUT2D eigenvalue weighted by atomic mass is 9.78. The number of rotatable bonds is 7. The number of aryl methyl sites for hydroxylation is 1. The van der Waals surface area contributed by atoms with E-state index in [9.17, 15) is 19.1 Å². The molecule has 8 nitrogen and oxygen atoms in total. The van der Waals surface area contributed by atoms with Crippen LogP contribution < -0.4 is 0 Å². The Labute approximate surface area is 153 Å². The number of allylic oxidation sites excluding steroid dienone is 4. The van der Waals surface area contributed by atoms with Gasteiger partial charge in [0.1, 0.15) is 5.54 Å². The Hall–Kier alpha value is -1.76. The third kappa shape index (κ3) is 4.14. The molecular weight excluding hydrogens is 357 g/mol. The Morgan fingerprint density at radius 3 is 2.58 bits per heavy atom. The number of nitrogens with zero attached hydrogens (tertiary/aromatic N) is 3. The summed E-state index contributed by atoms with van der Waals surface area (Å²) >= 11 is 0. The van der Waals surface area contributed by atoms with E-state index in [4.69, 9.17) is 4.74 Å². The van der Waals surface area contributed by atoms with Gasteiger partial charge >= 0.3 is 13.6 Å². The molecule has 0 saturated heterocycles. The standard InChI is InChI=1S/C17H26N3O5P/c1-5-13-8-9-17(6-2,14(10-13)11-26(22,23)24)20-18-12(4)15(19-20)16(21)25-7-3/h8-10,14H,5-7,11H2,1-4H3,(H2,22,23,24). The van der Waals surface area contributed by atoms with Gasteiger partial charge in [0, 0.05) is 5.92 Å². The molecule has 1 aliphatic rings. The quantitative estimate of drug-likeness (QED) is 0.549. The summed E-state index contributed by atoms with van der Waals surface area (Å²) in [5.41, 5.74) is 0.690. The fourth-order valence-corrected chi connectivity index (χ4v) is 4.16. The van der Waals surface area contributed by atoms with Crippen molar-refractivity contribution in [1.29, 1.82) is 0 Å². The lowest BCUT2D eigenvalue weighted by molar-refractivity contribution is 0.0516. The average molecular weight is 383 g/mol. The highest BCUT2D eigenvalue weighted by Crippen LogP contribution is 2.46. The second kappa shape index (κ2) is 7.86. The van der Waals surface area contributed by atoms with Crippen LogP contribution in [0.5, 0.6) is 0 Å². The predicted octanol–water partition coefficient (Wildman–Crippen LogP) is 2.57. The summed E-state index contributed by atoms with van der Waals surface area (Å²) < 4.78 is 16.7. The summed E-state index contributed by atoms with van der Waals surface area (Å²) in [6.07, 6.45) is 6.66. The molecule has 0 aliphatic heterocycles. The summed E-state index contributed by atoms with van der Waals surface area (Å²) in [6, 6.07) is 0. The minimum atomic E-state index is -4.26. The van der Waals surface area contributed by atoms with Crippen LogP contribution in [0, 0.1) is 12.8 Å². The number of aromatic nitrogens is 3. The maximum absolute atomic E-state index is 12.1. The van der Waals surface area contributed by atoms with Gasteiger partial charge in [-0.25, -0.2) is 4.79 Å². The maximum Gasteiger partial charge on any atom is 0.360 e. The van der Waals surface area contributed by atoms with Gasteiger partial charge in [-0.05, 0) is 26.7 Å². The van der Waals surface area contributed by atoms with E-state index in [1.165, 1.54) is 4.80 Å². The van der Waals surface area contributed by atoms with Crippen LogP contribution in [0.25, 0.3) is 0 Å². The average Bonchev–Trinajstić information content (AvgIpc) is 2.96. The smallest absolute Gasteiger partial charge is 0.360 e. The van der Waals surface area contributed by atoms with E-state index in [0.717, 1.165) is 12.0 Å². The molecule has 1 aliphatic carbocycles. The van der Waals surface area contributed by atoms with Crippen LogP contribution in [-0.2, 0) is 14.8 Å². The third-order valence-corrected chi connectivity index (χ3v) is 5.54. The van der Waals surface area contributed by atoms with Crippen molar-refractivity contribution in [2.75, 3.05) is 12.8 Å². The molecule has 9 heteroatoms. The molecule has 26 heavy (non-hydrogen) atoms. The Kier molecular flexibility index (Phi) is 6.21. The Balaban J connectivity index is 2.53. The Morgan fingerprint density at radius 1 is 1.35 bits per heavy atom. The molecule has 0 bridgehead atoms. The van der Waals surface area contributed by atoms with Gasteiger partial charge in [0.2, 0.25) is 0 Å². The first-order valence-corrected chi connectivity index (χ1v) is 10.5. The second-order valence-corrected chi connectivity index (χ2v) is 8.07.